The van der Waals surface area contributed by atoms with E-state index in [0.717, 1.165) is 93.5 Å². The summed E-state index contributed by atoms with van der Waals surface area (Å²) in [7, 11) is 2.19. The lowest BCUT2D eigenvalue weighted by Gasteiger charge is -2.32. The van der Waals surface area contributed by atoms with Gasteiger partial charge in [-0.3, -0.25) is 4.90 Å². The van der Waals surface area contributed by atoms with Gasteiger partial charge in [-0.25, -0.2) is 9.67 Å². The van der Waals surface area contributed by atoms with Crippen molar-refractivity contribution in [1.82, 2.24) is 29.5 Å². The molecule has 37 heavy (non-hydrogen) atoms. The van der Waals surface area contributed by atoms with Crippen LogP contribution >= 0.6 is 0 Å². The van der Waals surface area contributed by atoms with Crippen molar-refractivity contribution in [3.05, 3.63) is 36.0 Å². The fraction of sp³-hybridized carbons (Fsp3) is 0.607. The number of hydrogen-bond donors (Lipinski definition) is 3. The van der Waals surface area contributed by atoms with Crippen molar-refractivity contribution in [2.75, 3.05) is 45.2 Å². The van der Waals surface area contributed by atoms with Crippen molar-refractivity contribution >= 4 is 17.0 Å². The molecule has 0 spiro atoms. The lowest BCUT2D eigenvalue weighted by Crippen LogP contribution is -2.43. The number of nitrogens with zero attached hydrogens (tertiary/aromatic N) is 6. The molecule has 9 nitrogen and oxygen atoms in total. The van der Waals surface area contributed by atoms with Crippen LogP contribution in [0, 0.1) is 0 Å². The molecule has 9 heteroatoms. The molecule has 2 aliphatic rings. The van der Waals surface area contributed by atoms with E-state index in [1.807, 2.05) is 6.20 Å². The first kappa shape index (κ1) is 26.0. The van der Waals surface area contributed by atoms with Crippen molar-refractivity contribution in [2.24, 2.45) is 0 Å². The lowest BCUT2D eigenvalue weighted by atomic mass is 9.93. The highest BCUT2D eigenvalue weighted by molar-refractivity contribution is 5.91. The molecule has 2 fully saturated rings. The molecule has 2 aromatic heterocycles. The molecule has 3 N–H and O–H groups in total. The van der Waals surface area contributed by atoms with Gasteiger partial charge in [0.05, 0.1) is 17.5 Å². The van der Waals surface area contributed by atoms with E-state index in [4.69, 9.17) is 15.2 Å². The Morgan fingerprint density at radius 2 is 1.78 bits per heavy atom. The predicted molar refractivity (Wildman–Crippen MR) is 146 cm³/mol. The van der Waals surface area contributed by atoms with Gasteiger partial charge in [0.2, 0.25) is 5.95 Å². The second-order valence-electron chi connectivity index (χ2n) is 10.9. The van der Waals surface area contributed by atoms with Crippen LogP contribution in [0.1, 0.15) is 57.1 Å². The molecule has 1 aliphatic heterocycles. The molecule has 1 saturated carbocycles. The van der Waals surface area contributed by atoms with Crippen LogP contribution in [0.4, 0.5) is 5.95 Å². The molecule has 1 aromatic carbocycles. The van der Waals surface area contributed by atoms with Crippen LogP contribution in [0.5, 0.6) is 0 Å². The van der Waals surface area contributed by atoms with Gasteiger partial charge >= 0.3 is 0 Å². The quantitative estimate of drug-likeness (QED) is 0.406. The van der Waals surface area contributed by atoms with E-state index in [9.17, 15) is 5.11 Å². The van der Waals surface area contributed by atoms with Crippen LogP contribution in [0.15, 0.2) is 30.5 Å². The molecule has 0 radical (unpaired) electrons. The van der Waals surface area contributed by atoms with Crippen molar-refractivity contribution in [3.63, 3.8) is 0 Å². The number of likely N-dealkylation sites (N-methyl/N-ethyl adjacent to an activating group) is 1. The van der Waals surface area contributed by atoms with Gasteiger partial charge in [-0.15, -0.1) is 0 Å². The van der Waals surface area contributed by atoms with Crippen molar-refractivity contribution in [2.45, 2.75) is 70.2 Å². The molecule has 5 rings (SSSR count). The summed E-state index contributed by atoms with van der Waals surface area (Å²) in [6.07, 6.45) is 6.62. The summed E-state index contributed by atoms with van der Waals surface area (Å²) in [5.41, 5.74) is 4.14. The molecule has 0 unspecified atom stereocenters. The fourth-order valence-electron chi connectivity index (χ4n) is 5.49. The third-order valence-corrected chi connectivity index (χ3v) is 7.86. The Balaban J connectivity index is 1.41. The SMILES string of the molecule is C[C@@H](CCCO)Nc1ncc2c(-c3ccc(CN4CCN(C)CC4)cc3)nn(C3CCC(O)CC3)c2n1. The molecule has 0 bridgehead atoms. The number of piperazine rings is 1. The number of nitrogens with one attached hydrogen (secondary N) is 1. The van der Waals surface area contributed by atoms with Crippen molar-refractivity contribution in [1.29, 1.82) is 0 Å². The summed E-state index contributed by atoms with van der Waals surface area (Å²) in [4.78, 5) is 14.4. The van der Waals surface area contributed by atoms with Gasteiger partial charge in [0.25, 0.3) is 0 Å². The second-order valence-corrected chi connectivity index (χ2v) is 10.9. The number of fused-ring (bicyclic) bond motifs is 1. The molecule has 1 aliphatic carbocycles. The minimum Gasteiger partial charge on any atom is -0.396 e. The summed E-state index contributed by atoms with van der Waals surface area (Å²) in [6, 6.07) is 9.16. The molecular weight excluding hydrogens is 466 g/mol. The number of hydrogen-bond acceptors (Lipinski definition) is 8. The van der Waals surface area contributed by atoms with Crippen LogP contribution in [0.2, 0.25) is 0 Å². The smallest absolute Gasteiger partial charge is 0.224 e. The Morgan fingerprint density at radius 1 is 1.05 bits per heavy atom. The molecular formula is C28H41N7O2. The van der Waals surface area contributed by atoms with Gasteiger partial charge in [0, 0.05) is 57.1 Å². The van der Waals surface area contributed by atoms with Gasteiger partial charge in [-0.2, -0.15) is 10.1 Å². The first-order valence-corrected chi connectivity index (χ1v) is 13.8. The number of rotatable bonds is 9. The summed E-state index contributed by atoms with van der Waals surface area (Å²) in [6.45, 7) is 7.70. The monoisotopic (exact) mass is 507 g/mol. The van der Waals surface area contributed by atoms with E-state index in [-0.39, 0.29) is 24.8 Å². The standard InChI is InChI=1S/C28H41N7O2/c1-20(4-3-17-36)30-28-29-18-25-26(32-35(27(25)31-28)23-9-11-24(37)12-10-23)22-7-5-21(6-8-22)19-34-15-13-33(2)14-16-34/h5-8,18,20,23-24,36-37H,3-4,9-17,19H2,1-2H3,(H,29,30,31)/t20-,23?,24?/m0/s1. The van der Waals surface area contributed by atoms with E-state index in [0.29, 0.717) is 5.95 Å². The Bertz CT molecular complexity index is 1150. The zero-order valence-electron chi connectivity index (χ0n) is 22.2. The molecule has 200 valence electrons. The minimum atomic E-state index is -0.218. The van der Waals surface area contributed by atoms with Gasteiger partial charge < -0.3 is 20.4 Å². The summed E-state index contributed by atoms with van der Waals surface area (Å²) in [5.74, 6) is 0.587. The van der Waals surface area contributed by atoms with E-state index in [1.165, 1.54) is 5.56 Å². The highest BCUT2D eigenvalue weighted by Crippen LogP contribution is 2.34. The molecule has 1 saturated heterocycles. The van der Waals surface area contributed by atoms with Gasteiger partial charge in [-0.1, -0.05) is 24.3 Å². The predicted octanol–water partition coefficient (Wildman–Crippen LogP) is 3.29. The van der Waals surface area contributed by atoms with Gasteiger partial charge in [0.15, 0.2) is 5.65 Å². The Kier molecular flexibility index (Phi) is 8.34. The molecule has 3 aromatic rings. The van der Waals surface area contributed by atoms with Crippen molar-refractivity contribution < 1.29 is 10.2 Å². The van der Waals surface area contributed by atoms with Crippen LogP contribution in [0.25, 0.3) is 22.3 Å². The van der Waals surface area contributed by atoms with E-state index < -0.39 is 0 Å². The van der Waals surface area contributed by atoms with Crippen LogP contribution in [-0.2, 0) is 6.54 Å². The van der Waals surface area contributed by atoms with Crippen molar-refractivity contribution in [3.8, 4) is 11.3 Å². The summed E-state index contributed by atoms with van der Waals surface area (Å²) in [5, 5.41) is 28.6. The van der Waals surface area contributed by atoms with E-state index in [1.54, 1.807) is 0 Å². The first-order valence-electron chi connectivity index (χ1n) is 13.8. The van der Waals surface area contributed by atoms with Gasteiger partial charge in [0.1, 0.15) is 5.69 Å². The molecule has 3 heterocycles. The zero-order valence-corrected chi connectivity index (χ0v) is 22.2. The van der Waals surface area contributed by atoms with Crippen LogP contribution < -0.4 is 5.32 Å². The number of aromatic nitrogens is 4. The maximum Gasteiger partial charge on any atom is 0.224 e. The highest BCUT2D eigenvalue weighted by atomic mass is 16.3. The Labute approximate surface area is 219 Å². The number of anilines is 1. The second kappa shape index (κ2) is 11.9. The average molecular weight is 508 g/mol. The summed E-state index contributed by atoms with van der Waals surface area (Å²) >= 11 is 0. The third-order valence-electron chi connectivity index (χ3n) is 7.86. The fourth-order valence-corrected chi connectivity index (χ4v) is 5.49. The topological polar surface area (TPSA) is 103 Å². The van der Waals surface area contributed by atoms with Crippen LogP contribution in [-0.4, -0.2) is 91.7 Å². The maximum atomic E-state index is 10.1. The maximum absolute atomic E-state index is 10.1. The Morgan fingerprint density at radius 3 is 2.49 bits per heavy atom. The first-order chi connectivity index (χ1) is 18.0. The van der Waals surface area contributed by atoms with Gasteiger partial charge in [-0.05, 0) is 58.1 Å². The average Bonchev–Trinajstić information content (AvgIpc) is 3.28. The molecule has 1 atom stereocenters. The molecule has 0 amide bonds. The van der Waals surface area contributed by atoms with E-state index in [2.05, 4.69) is 63.0 Å². The summed E-state index contributed by atoms with van der Waals surface area (Å²) < 4.78 is 2.07. The third kappa shape index (κ3) is 6.29. The van der Waals surface area contributed by atoms with Crippen LogP contribution in [0.3, 0.4) is 0 Å². The Hall–Kier alpha value is -2.59. The zero-order chi connectivity index (χ0) is 25.8. The lowest BCUT2D eigenvalue weighted by molar-refractivity contribution is 0.109. The van der Waals surface area contributed by atoms with E-state index >= 15 is 0 Å². The number of aliphatic hydroxyl groups is 2. The largest absolute Gasteiger partial charge is 0.396 e. The minimum absolute atomic E-state index is 0.165. The number of aliphatic hydroxyl groups excluding tert-OH is 2. The highest BCUT2D eigenvalue weighted by Gasteiger charge is 2.26. The number of benzene rings is 1. The normalized spacial score (nSPS) is 22.4.